The molecule has 1 aromatic heterocycles. The van der Waals surface area contributed by atoms with Gasteiger partial charge in [0, 0.05) is 36.8 Å². The number of aromatic nitrogens is 1. The van der Waals surface area contributed by atoms with Gasteiger partial charge in [-0.05, 0) is 81.7 Å². The predicted octanol–water partition coefficient (Wildman–Crippen LogP) is 2.51. The second kappa shape index (κ2) is 8.13. The van der Waals surface area contributed by atoms with Crippen LogP contribution in [0.5, 0.6) is 0 Å². The molecule has 0 spiro atoms. The van der Waals surface area contributed by atoms with Crippen molar-refractivity contribution in [1.82, 2.24) is 14.8 Å². The summed E-state index contributed by atoms with van der Waals surface area (Å²) in [6.45, 7) is 7.42. The fourth-order valence-electron chi connectivity index (χ4n) is 4.75. The maximum Gasteiger partial charge on any atom is 0.252 e. The molecule has 0 saturated carbocycles. The monoisotopic (exact) mass is 369 g/mol. The number of aliphatic hydroxyl groups is 1. The standard InChI is InChI=1S/C22H31N3O2/c1-16-4-5-21-18(11-16)12-19(22(27)23-21)14-24-9-6-20(7-10-24)25-8-2-3-17(13-25)15-26/h4-5,11-12,17,20,26H,2-3,6-10,13-15H2,1H3,(H,23,27). The maximum atomic E-state index is 12.5. The first kappa shape index (κ1) is 18.7. The van der Waals surface area contributed by atoms with Crippen LogP contribution < -0.4 is 5.56 Å². The number of fused-ring (bicyclic) bond motifs is 1. The summed E-state index contributed by atoms with van der Waals surface area (Å²) in [5, 5.41) is 10.6. The average Bonchev–Trinajstić information content (AvgIpc) is 2.69. The number of likely N-dealkylation sites (tertiary alicyclic amines) is 2. The third-order valence-electron chi connectivity index (χ3n) is 6.35. The third-order valence-corrected chi connectivity index (χ3v) is 6.35. The van der Waals surface area contributed by atoms with Crippen molar-refractivity contribution < 1.29 is 5.11 Å². The molecule has 0 radical (unpaired) electrons. The molecule has 2 aliphatic heterocycles. The Balaban J connectivity index is 1.38. The molecule has 5 heteroatoms. The van der Waals surface area contributed by atoms with Gasteiger partial charge in [-0.15, -0.1) is 0 Å². The molecule has 0 amide bonds. The number of aliphatic hydroxyl groups excluding tert-OH is 1. The zero-order valence-corrected chi connectivity index (χ0v) is 16.3. The molecule has 2 aliphatic rings. The van der Waals surface area contributed by atoms with Crippen LogP contribution in [0.15, 0.2) is 29.1 Å². The minimum atomic E-state index is 0.0373. The number of hydrogen-bond acceptors (Lipinski definition) is 4. The van der Waals surface area contributed by atoms with Crippen LogP contribution in [0.25, 0.3) is 10.9 Å². The SMILES string of the molecule is Cc1ccc2[nH]c(=O)c(CN3CCC(N4CCCC(CO)C4)CC3)cc2c1. The molecule has 2 fully saturated rings. The van der Waals surface area contributed by atoms with Gasteiger partial charge in [-0.3, -0.25) is 14.6 Å². The van der Waals surface area contributed by atoms with Gasteiger partial charge in [0.15, 0.2) is 0 Å². The summed E-state index contributed by atoms with van der Waals surface area (Å²) < 4.78 is 0. The number of H-pyrrole nitrogens is 1. The van der Waals surface area contributed by atoms with Gasteiger partial charge in [0.25, 0.3) is 5.56 Å². The smallest absolute Gasteiger partial charge is 0.252 e. The molecule has 3 heterocycles. The van der Waals surface area contributed by atoms with Crippen LogP contribution in [-0.2, 0) is 6.54 Å². The van der Waals surface area contributed by atoms with Crippen LogP contribution in [0, 0.1) is 12.8 Å². The summed E-state index contributed by atoms with van der Waals surface area (Å²) in [4.78, 5) is 20.5. The quantitative estimate of drug-likeness (QED) is 0.869. The highest BCUT2D eigenvalue weighted by Gasteiger charge is 2.28. The zero-order chi connectivity index (χ0) is 18.8. The Morgan fingerprint density at radius 1 is 1.15 bits per heavy atom. The number of piperidine rings is 2. The van der Waals surface area contributed by atoms with Crippen molar-refractivity contribution in [2.45, 2.75) is 45.2 Å². The normalized spacial score (nSPS) is 23.1. The minimum absolute atomic E-state index is 0.0373. The van der Waals surface area contributed by atoms with Crippen LogP contribution in [0.3, 0.4) is 0 Å². The van der Waals surface area contributed by atoms with Crippen LogP contribution in [0.2, 0.25) is 0 Å². The number of rotatable bonds is 4. The highest BCUT2D eigenvalue weighted by molar-refractivity contribution is 5.79. The van der Waals surface area contributed by atoms with Gasteiger partial charge in [-0.1, -0.05) is 11.6 Å². The lowest BCUT2D eigenvalue weighted by Crippen LogP contribution is -2.48. The average molecular weight is 370 g/mol. The van der Waals surface area contributed by atoms with Crippen LogP contribution in [-0.4, -0.2) is 58.7 Å². The summed E-state index contributed by atoms with van der Waals surface area (Å²) in [6.07, 6.45) is 4.68. The van der Waals surface area contributed by atoms with Crippen molar-refractivity contribution in [3.8, 4) is 0 Å². The molecule has 2 saturated heterocycles. The zero-order valence-electron chi connectivity index (χ0n) is 16.3. The van der Waals surface area contributed by atoms with Gasteiger partial charge in [0.1, 0.15) is 0 Å². The Kier molecular flexibility index (Phi) is 5.62. The Bertz CT molecular complexity index is 839. The van der Waals surface area contributed by atoms with Crippen molar-refractivity contribution in [2.75, 3.05) is 32.8 Å². The largest absolute Gasteiger partial charge is 0.396 e. The van der Waals surface area contributed by atoms with Crippen molar-refractivity contribution in [3.05, 3.63) is 45.7 Å². The van der Waals surface area contributed by atoms with E-state index in [-0.39, 0.29) is 5.56 Å². The highest BCUT2D eigenvalue weighted by atomic mass is 16.3. The number of aryl methyl sites for hydroxylation is 1. The Hall–Kier alpha value is -1.69. The molecule has 146 valence electrons. The number of pyridine rings is 1. The molecule has 1 atom stereocenters. The highest BCUT2D eigenvalue weighted by Crippen LogP contribution is 2.24. The molecule has 5 nitrogen and oxygen atoms in total. The molecule has 2 aromatic rings. The number of nitrogens with one attached hydrogen (secondary N) is 1. The first-order valence-electron chi connectivity index (χ1n) is 10.3. The van der Waals surface area contributed by atoms with Crippen molar-refractivity contribution in [2.24, 2.45) is 5.92 Å². The molecule has 0 bridgehead atoms. The summed E-state index contributed by atoms with van der Waals surface area (Å²) in [7, 11) is 0. The van der Waals surface area contributed by atoms with Gasteiger partial charge in [-0.25, -0.2) is 0 Å². The topological polar surface area (TPSA) is 59.6 Å². The fraction of sp³-hybridized carbons (Fsp3) is 0.591. The van der Waals surface area contributed by atoms with Gasteiger partial charge >= 0.3 is 0 Å². The molecule has 0 aliphatic carbocycles. The van der Waals surface area contributed by atoms with E-state index in [1.807, 2.05) is 12.1 Å². The van der Waals surface area contributed by atoms with Crippen molar-refractivity contribution in [3.63, 3.8) is 0 Å². The van der Waals surface area contributed by atoms with E-state index in [2.05, 4.69) is 33.8 Å². The summed E-state index contributed by atoms with van der Waals surface area (Å²) >= 11 is 0. The van der Waals surface area contributed by atoms with Gasteiger partial charge in [0.05, 0.1) is 0 Å². The van der Waals surface area contributed by atoms with E-state index < -0.39 is 0 Å². The minimum Gasteiger partial charge on any atom is -0.396 e. The van der Waals surface area contributed by atoms with Gasteiger partial charge in [-0.2, -0.15) is 0 Å². The van der Waals surface area contributed by atoms with E-state index in [0.717, 1.165) is 61.9 Å². The van der Waals surface area contributed by atoms with Crippen molar-refractivity contribution >= 4 is 10.9 Å². The molecular formula is C22H31N3O2. The van der Waals surface area contributed by atoms with Crippen LogP contribution in [0.4, 0.5) is 0 Å². The maximum absolute atomic E-state index is 12.5. The lowest BCUT2D eigenvalue weighted by molar-refractivity contribution is 0.0525. The van der Waals surface area contributed by atoms with E-state index in [1.165, 1.54) is 18.5 Å². The Morgan fingerprint density at radius 3 is 2.74 bits per heavy atom. The van der Waals surface area contributed by atoms with Crippen LogP contribution in [0.1, 0.15) is 36.8 Å². The first-order valence-corrected chi connectivity index (χ1v) is 10.3. The molecule has 1 unspecified atom stereocenters. The Labute approximate surface area is 161 Å². The fourth-order valence-corrected chi connectivity index (χ4v) is 4.75. The molecular weight excluding hydrogens is 338 g/mol. The second-order valence-corrected chi connectivity index (χ2v) is 8.41. The molecule has 2 N–H and O–H groups in total. The summed E-state index contributed by atoms with van der Waals surface area (Å²) in [5.74, 6) is 0.455. The number of aromatic amines is 1. The molecule has 1 aromatic carbocycles. The number of benzene rings is 1. The number of nitrogens with zero attached hydrogens (tertiary/aromatic N) is 2. The lowest BCUT2D eigenvalue weighted by atomic mass is 9.94. The summed E-state index contributed by atoms with van der Waals surface area (Å²) in [5.41, 5.74) is 3.03. The van der Waals surface area contributed by atoms with Crippen molar-refractivity contribution in [1.29, 1.82) is 0 Å². The van der Waals surface area contributed by atoms with Crippen LogP contribution >= 0.6 is 0 Å². The Morgan fingerprint density at radius 2 is 1.96 bits per heavy atom. The van der Waals surface area contributed by atoms with E-state index >= 15 is 0 Å². The predicted molar refractivity (Wildman–Crippen MR) is 109 cm³/mol. The third kappa shape index (κ3) is 4.26. The number of hydrogen-bond donors (Lipinski definition) is 2. The van der Waals surface area contributed by atoms with E-state index in [1.54, 1.807) is 0 Å². The van der Waals surface area contributed by atoms with Gasteiger partial charge < -0.3 is 10.1 Å². The van der Waals surface area contributed by atoms with E-state index in [9.17, 15) is 9.90 Å². The summed E-state index contributed by atoms with van der Waals surface area (Å²) in [6, 6.07) is 8.84. The lowest BCUT2D eigenvalue weighted by Gasteiger charge is -2.42. The van der Waals surface area contributed by atoms with E-state index in [0.29, 0.717) is 18.6 Å². The molecule has 4 rings (SSSR count). The molecule has 27 heavy (non-hydrogen) atoms. The first-order chi connectivity index (χ1) is 13.1. The van der Waals surface area contributed by atoms with E-state index in [4.69, 9.17) is 0 Å². The second-order valence-electron chi connectivity index (χ2n) is 8.41. The van der Waals surface area contributed by atoms with Gasteiger partial charge in [0.2, 0.25) is 0 Å².